The number of aromatic nitrogens is 3. The second-order valence-electron chi connectivity index (χ2n) is 8.31. The molecular weight excluding hydrogens is 366 g/mol. The zero-order valence-corrected chi connectivity index (χ0v) is 18.0. The van der Waals surface area contributed by atoms with E-state index in [1.807, 2.05) is 11.7 Å². The predicted molar refractivity (Wildman–Crippen MR) is 117 cm³/mol. The van der Waals surface area contributed by atoms with Gasteiger partial charge in [0.2, 0.25) is 0 Å². The maximum Gasteiger partial charge on any atom is 0.116 e. The molecule has 0 saturated carbocycles. The van der Waals surface area contributed by atoms with Crippen LogP contribution < -0.4 is 0 Å². The molecule has 2 aromatic carbocycles. The minimum Gasteiger partial charge on any atom is -0.392 e. The van der Waals surface area contributed by atoms with Gasteiger partial charge in [0.15, 0.2) is 0 Å². The fourth-order valence-corrected chi connectivity index (χ4v) is 5.17. The van der Waals surface area contributed by atoms with Crippen LogP contribution in [0.25, 0.3) is 21.1 Å². The van der Waals surface area contributed by atoms with Crippen LogP contribution in [-0.2, 0) is 13.7 Å². The third kappa shape index (κ3) is 2.93. The average Bonchev–Trinajstić information content (AvgIpc) is 3.30. The lowest BCUT2D eigenvalue weighted by Gasteiger charge is -2.36. The summed E-state index contributed by atoms with van der Waals surface area (Å²) in [4.78, 5) is 0. The van der Waals surface area contributed by atoms with Gasteiger partial charge in [-0.15, -0.1) is 16.4 Å². The van der Waals surface area contributed by atoms with E-state index in [0.717, 1.165) is 23.0 Å². The van der Waals surface area contributed by atoms with Gasteiger partial charge in [-0.1, -0.05) is 44.5 Å². The monoisotopic (exact) mass is 393 g/mol. The van der Waals surface area contributed by atoms with Gasteiger partial charge in [-0.05, 0) is 63.6 Å². The van der Waals surface area contributed by atoms with Crippen molar-refractivity contribution in [2.24, 2.45) is 12.5 Å². The average molecular weight is 394 g/mol. The molecule has 4 rings (SSSR count). The molecule has 0 fully saturated rings. The molecule has 146 valence electrons. The maximum absolute atomic E-state index is 9.98. The molecule has 0 aliphatic rings. The molecule has 1 unspecified atom stereocenters. The van der Waals surface area contributed by atoms with Crippen molar-refractivity contribution in [1.82, 2.24) is 15.0 Å². The van der Waals surface area contributed by atoms with Gasteiger partial charge in [0.1, 0.15) is 5.52 Å². The normalized spacial score (nSPS) is 13.5. The molecule has 0 spiro atoms. The number of hydrogen-bond donors (Lipinski definition) is 1. The Morgan fingerprint density at radius 2 is 2.00 bits per heavy atom. The van der Waals surface area contributed by atoms with Gasteiger partial charge in [0, 0.05) is 17.7 Å². The first kappa shape index (κ1) is 19.1. The molecular formula is C23H27N3OS. The number of hydrogen-bond acceptors (Lipinski definition) is 4. The molecule has 1 N–H and O–H groups in total. The lowest BCUT2D eigenvalue weighted by molar-refractivity contribution is 0.282. The molecule has 4 nitrogen and oxygen atoms in total. The van der Waals surface area contributed by atoms with Gasteiger partial charge in [-0.3, -0.25) is 0 Å². The van der Waals surface area contributed by atoms with E-state index in [4.69, 9.17) is 0 Å². The topological polar surface area (TPSA) is 50.9 Å². The zero-order chi connectivity index (χ0) is 20.1. The largest absolute Gasteiger partial charge is 0.392 e. The first-order chi connectivity index (χ1) is 13.4. The number of nitrogens with zero attached hydrogens (tertiary/aromatic N) is 3. The highest BCUT2D eigenvalue weighted by Gasteiger charge is 2.33. The molecule has 5 heteroatoms. The van der Waals surface area contributed by atoms with E-state index in [-0.39, 0.29) is 17.9 Å². The highest BCUT2D eigenvalue weighted by Crippen LogP contribution is 2.46. The van der Waals surface area contributed by atoms with Crippen LogP contribution in [0.2, 0.25) is 0 Å². The van der Waals surface area contributed by atoms with Crippen molar-refractivity contribution in [3.63, 3.8) is 0 Å². The molecule has 0 saturated heterocycles. The van der Waals surface area contributed by atoms with Crippen LogP contribution in [0.1, 0.15) is 55.4 Å². The van der Waals surface area contributed by atoms with Gasteiger partial charge >= 0.3 is 0 Å². The van der Waals surface area contributed by atoms with Gasteiger partial charge < -0.3 is 5.11 Å². The molecule has 0 radical (unpaired) electrons. The third-order valence-corrected chi connectivity index (χ3v) is 7.24. The first-order valence-corrected chi connectivity index (χ1v) is 10.6. The summed E-state index contributed by atoms with van der Waals surface area (Å²) < 4.78 is 3.01. The van der Waals surface area contributed by atoms with Gasteiger partial charge in [0.05, 0.1) is 12.1 Å². The number of aryl methyl sites for hydroxylation is 2. The fourth-order valence-electron chi connectivity index (χ4n) is 4.28. The summed E-state index contributed by atoms with van der Waals surface area (Å²) in [6.45, 7) is 9.12. The maximum atomic E-state index is 9.98. The van der Waals surface area contributed by atoms with Crippen molar-refractivity contribution in [3.05, 3.63) is 58.0 Å². The Kier molecular flexibility index (Phi) is 4.76. The van der Waals surface area contributed by atoms with Gasteiger partial charge in [-0.2, -0.15) is 0 Å². The van der Waals surface area contributed by atoms with Crippen LogP contribution in [0.3, 0.4) is 0 Å². The van der Waals surface area contributed by atoms with Crippen molar-refractivity contribution in [3.8, 4) is 0 Å². The van der Waals surface area contributed by atoms with Crippen LogP contribution in [-0.4, -0.2) is 20.1 Å². The summed E-state index contributed by atoms with van der Waals surface area (Å²) in [6.07, 6.45) is 1.05. The second-order valence-corrected chi connectivity index (χ2v) is 9.23. The number of rotatable bonds is 5. The number of benzene rings is 2. The Balaban J connectivity index is 1.99. The van der Waals surface area contributed by atoms with Crippen LogP contribution in [0.15, 0.2) is 35.7 Å². The van der Waals surface area contributed by atoms with E-state index < -0.39 is 0 Å². The van der Waals surface area contributed by atoms with Gasteiger partial charge in [-0.25, -0.2) is 4.68 Å². The van der Waals surface area contributed by atoms with E-state index in [0.29, 0.717) is 0 Å². The number of fused-ring (bicyclic) bond motifs is 2. The lowest BCUT2D eigenvalue weighted by atomic mass is 9.68. The Bertz CT molecular complexity index is 1160. The minimum absolute atomic E-state index is 0.0526. The van der Waals surface area contributed by atoms with Crippen LogP contribution in [0.5, 0.6) is 0 Å². The first-order valence-electron chi connectivity index (χ1n) is 9.77. The van der Waals surface area contributed by atoms with Crippen LogP contribution in [0.4, 0.5) is 0 Å². The van der Waals surface area contributed by atoms with Crippen LogP contribution >= 0.6 is 11.3 Å². The summed E-state index contributed by atoms with van der Waals surface area (Å²) in [5.41, 5.74) is 6.82. The third-order valence-electron chi connectivity index (χ3n) is 6.24. The summed E-state index contributed by atoms with van der Waals surface area (Å²) in [5.74, 6) is 0.207. The predicted octanol–water partition coefficient (Wildman–Crippen LogP) is 5.55. The van der Waals surface area contributed by atoms with Crippen molar-refractivity contribution < 1.29 is 5.11 Å². The number of thiophene rings is 1. The standard InChI is InChI=1S/C23H27N3OS/c1-6-23(3,4)20(16-11-15-9-10-28-22(15)17(12-16)13-27)18-7-8-19-21(14(18)2)24-25-26(19)5/h7-12,20,27H,6,13H2,1-5H3. The number of aliphatic hydroxyl groups excluding tert-OH is 1. The quantitative estimate of drug-likeness (QED) is 0.483. The van der Waals surface area contributed by atoms with Crippen molar-refractivity contribution in [1.29, 1.82) is 0 Å². The van der Waals surface area contributed by atoms with E-state index in [1.54, 1.807) is 11.3 Å². The Labute approximate surface area is 169 Å². The SMILES string of the molecule is CCC(C)(C)C(c1cc(CO)c2sccc2c1)c1ccc2c(nnn2C)c1C. The minimum atomic E-state index is 0.0526. The Morgan fingerprint density at radius 1 is 1.21 bits per heavy atom. The summed E-state index contributed by atoms with van der Waals surface area (Å²) in [6, 6.07) is 11.0. The van der Waals surface area contributed by atoms with Gasteiger partial charge in [0.25, 0.3) is 0 Å². The number of aliphatic hydroxyl groups is 1. The summed E-state index contributed by atoms with van der Waals surface area (Å²) >= 11 is 1.69. The van der Waals surface area contributed by atoms with E-state index >= 15 is 0 Å². The molecule has 4 aromatic rings. The Morgan fingerprint density at radius 3 is 2.71 bits per heavy atom. The molecule has 0 bridgehead atoms. The highest BCUT2D eigenvalue weighted by atomic mass is 32.1. The Hall–Kier alpha value is -2.24. The summed E-state index contributed by atoms with van der Waals surface area (Å²) in [5, 5.41) is 21.9. The van der Waals surface area contributed by atoms with E-state index in [9.17, 15) is 5.11 Å². The molecule has 0 aliphatic carbocycles. The fraction of sp³-hybridized carbons (Fsp3) is 0.391. The summed E-state index contributed by atoms with van der Waals surface area (Å²) in [7, 11) is 1.93. The smallest absolute Gasteiger partial charge is 0.116 e. The molecule has 2 aromatic heterocycles. The lowest BCUT2D eigenvalue weighted by Crippen LogP contribution is -2.23. The van der Waals surface area contributed by atoms with Crippen molar-refractivity contribution >= 4 is 32.5 Å². The zero-order valence-electron chi connectivity index (χ0n) is 17.2. The molecule has 0 aliphatic heterocycles. The molecule has 2 heterocycles. The molecule has 28 heavy (non-hydrogen) atoms. The van der Waals surface area contributed by atoms with E-state index in [2.05, 4.69) is 73.7 Å². The van der Waals surface area contributed by atoms with Crippen LogP contribution in [0, 0.1) is 12.3 Å². The van der Waals surface area contributed by atoms with E-state index in [1.165, 1.54) is 26.8 Å². The molecule has 0 amide bonds. The second kappa shape index (κ2) is 6.98. The van der Waals surface area contributed by atoms with Crippen molar-refractivity contribution in [2.75, 3.05) is 0 Å². The molecule has 1 atom stereocenters. The van der Waals surface area contributed by atoms with Crippen molar-refractivity contribution in [2.45, 2.75) is 46.6 Å². The highest BCUT2D eigenvalue weighted by molar-refractivity contribution is 7.17.